The fourth-order valence-electron chi connectivity index (χ4n) is 3.61. The van der Waals surface area contributed by atoms with E-state index in [4.69, 9.17) is 4.74 Å². The summed E-state index contributed by atoms with van der Waals surface area (Å²) >= 11 is 0. The summed E-state index contributed by atoms with van der Waals surface area (Å²) in [6.45, 7) is 3.25. The molecule has 1 unspecified atom stereocenters. The molecular formula is C19H23N5O2. The van der Waals surface area contributed by atoms with Gasteiger partial charge in [-0.15, -0.1) is 0 Å². The predicted octanol–water partition coefficient (Wildman–Crippen LogP) is 1.68. The van der Waals surface area contributed by atoms with Crippen molar-refractivity contribution in [1.29, 1.82) is 0 Å². The number of H-pyrrole nitrogens is 1. The summed E-state index contributed by atoms with van der Waals surface area (Å²) in [6.07, 6.45) is 5.56. The van der Waals surface area contributed by atoms with Gasteiger partial charge in [-0.3, -0.25) is 9.69 Å². The van der Waals surface area contributed by atoms with Crippen molar-refractivity contribution in [3.05, 3.63) is 54.2 Å². The molecule has 1 aromatic carbocycles. The lowest BCUT2D eigenvalue weighted by Gasteiger charge is -2.33. The second-order valence-corrected chi connectivity index (χ2v) is 6.62. The van der Waals surface area contributed by atoms with E-state index in [0.717, 1.165) is 24.3 Å². The van der Waals surface area contributed by atoms with E-state index in [0.29, 0.717) is 19.7 Å². The zero-order valence-corrected chi connectivity index (χ0v) is 14.8. The molecule has 0 radical (unpaired) electrons. The van der Waals surface area contributed by atoms with Crippen LogP contribution in [0.5, 0.6) is 0 Å². The van der Waals surface area contributed by atoms with E-state index in [9.17, 15) is 4.79 Å². The van der Waals surface area contributed by atoms with Crippen molar-refractivity contribution in [3.8, 4) is 0 Å². The van der Waals surface area contributed by atoms with Crippen molar-refractivity contribution in [2.45, 2.75) is 19.1 Å². The summed E-state index contributed by atoms with van der Waals surface area (Å²) in [4.78, 5) is 22.5. The number of aromatic amines is 1. The molecule has 136 valence electrons. The van der Waals surface area contributed by atoms with Gasteiger partial charge in [0.2, 0.25) is 5.91 Å². The van der Waals surface area contributed by atoms with E-state index in [2.05, 4.69) is 44.5 Å². The summed E-state index contributed by atoms with van der Waals surface area (Å²) in [5.41, 5.74) is 3.46. The largest absolute Gasteiger partial charge is 0.383 e. The van der Waals surface area contributed by atoms with E-state index in [1.165, 1.54) is 10.9 Å². The highest BCUT2D eigenvalue weighted by Gasteiger charge is 2.30. The van der Waals surface area contributed by atoms with Crippen molar-refractivity contribution < 1.29 is 9.53 Å². The Bertz CT molecular complexity index is 900. The second kappa shape index (κ2) is 7.31. The van der Waals surface area contributed by atoms with Crippen molar-refractivity contribution in [2.75, 3.05) is 26.8 Å². The first kappa shape index (κ1) is 16.8. The predicted molar refractivity (Wildman–Crippen MR) is 98.6 cm³/mol. The fraction of sp³-hybridized carbons (Fsp3) is 0.368. The Morgan fingerprint density at radius 3 is 3.23 bits per heavy atom. The average Bonchev–Trinajstić information content (AvgIpc) is 3.30. The zero-order valence-electron chi connectivity index (χ0n) is 14.8. The molecule has 1 atom stereocenters. The molecule has 2 N–H and O–H groups in total. The minimum atomic E-state index is -0.275. The number of benzene rings is 1. The quantitative estimate of drug-likeness (QED) is 0.661. The SMILES string of the molecule is COCCNC(=O)C1CN(Cc2cccc3[nH]ccc23)Cc2cncn21. The van der Waals surface area contributed by atoms with E-state index in [-0.39, 0.29) is 11.9 Å². The maximum atomic E-state index is 12.7. The van der Waals surface area contributed by atoms with Crippen LogP contribution in [0.2, 0.25) is 0 Å². The Morgan fingerprint density at radius 1 is 1.42 bits per heavy atom. The Hall–Kier alpha value is -2.64. The van der Waals surface area contributed by atoms with Gasteiger partial charge in [-0.2, -0.15) is 0 Å². The number of imidazole rings is 1. The lowest BCUT2D eigenvalue weighted by Crippen LogP contribution is -2.44. The van der Waals surface area contributed by atoms with Crippen molar-refractivity contribution in [2.24, 2.45) is 0 Å². The third kappa shape index (κ3) is 3.23. The van der Waals surface area contributed by atoms with Crippen molar-refractivity contribution in [1.82, 2.24) is 24.8 Å². The van der Waals surface area contributed by atoms with Gasteiger partial charge >= 0.3 is 0 Å². The number of methoxy groups -OCH3 is 1. The number of aromatic nitrogens is 3. The lowest BCUT2D eigenvalue weighted by molar-refractivity contribution is -0.125. The molecule has 1 aliphatic rings. The summed E-state index contributed by atoms with van der Waals surface area (Å²) in [5.74, 6) is 0.00542. The topological polar surface area (TPSA) is 75.2 Å². The molecule has 4 rings (SSSR count). The molecule has 3 aromatic rings. The molecule has 2 aromatic heterocycles. The lowest BCUT2D eigenvalue weighted by atomic mass is 10.1. The van der Waals surface area contributed by atoms with Gasteiger partial charge in [0.1, 0.15) is 6.04 Å². The number of fused-ring (bicyclic) bond motifs is 2. The van der Waals surface area contributed by atoms with E-state index < -0.39 is 0 Å². The fourth-order valence-corrected chi connectivity index (χ4v) is 3.61. The molecule has 0 fully saturated rings. The number of amides is 1. The maximum Gasteiger partial charge on any atom is 0.244 e. The average molecular weight is 353 g/mol. The summed E-state index contributed by atoms with van der Waals surface area (Å²) in [5, 5.41) is 4.18. The highest BCUT2D eigenvalue weighted by molar-refractivity contribution is 5.83. The van der Waals surface area contributed by atoms with Crippen molar-refractivity contribution >= 4 is 16.8 Å². The molecule has 7 nitrogen and oxygen atoms in total. The normalized spacial score (nSPS) is 17.3. The Balaban J connectivity index is 1.53. The molecule has 0 saturated heterocycles. The summed E-state index contributed by atoms with van der Waals surface area (Å²) in [6, 6.07) is 8.13. The van der Waals surface area contributed by atoms with Crippen LogP contribution in [0.1, 0.15) is 17.3 Å². The maximum absolute atomic E-state index is 12.7. The molecule has 0 spiro atoms. The molecule has 7 heteroatoms. The first-order valence-corrected chi connectivity index (χ1v) is 8.81. The highest BCUT2D eigenvalue weighted by Crippen LogP contribution is 2.25. The Kier molecular flexibility index (Phi) is 4.73. The van der Waals surface area contributed by atoms with Gasteiger partial charge in [-0.1, -0.05) is 12.1 Å². The van der Waals surface area contributed by atoms with Crippen LogP contribution < -0.4 is 5.32 Å². The molecule has 3 heterocycles. The summed E-state index contributed by atoms with van der Waals surface area (Å²) in [7, 11) is 1.63. The van der Waals surface area contributed by atoms with Gasteiger partial charge in [0, 0.05) is 56.6 Å². The number of carbonyl (C=O) groups excluding carboxylic acids is 1. The van der Waals surface area contributed by atoms with Crippen LogP contribution in [-0.2, 0) is 22.6 Å². The molecule has 0 aliphatic carbocycles. The molecular weight excluding hydrogens is 330 g/mol. The number of nitrogens with zero attached hydrogens (tertiary/aromatic N) is 3. The molecule has 1 amide bonds. The van der Waals surface area contributed by atoms with E-state index in [1.807, 2.05) is 17.0 Å². The number of carbonyl (C=O) groups is 1. The van der Waals surface area contributed by atoms with Crippen molar-refractivity contribution in [3.63, 3.8) is 0 Å². The van der Waals surface area contributed by atoms with Crippen LogP contribution in [0.3, 0.4) is 0 Å². The van der Waals surface area contributed by atoms with E-state index >= 15 is 0 Å². The first-order valence-electron chi connectivity index (χ1n) is 8.81. The van der Waals surface area contributed by atoms with Gasteiger partial charge in [0.15, 0.2) is 0 Å². The first-order chi connectivity index (χ1) is 12.8. The van der Waals surface area contributed by atoms with Crippen LogP contribution in [-0.4, -0.2) is 52.1 Å². The molecule has 1 aliphatic heterocycles. The smallest absolute Gasteiger partial charge is 0.244 e. The van der Waals surface area contributed by atoms with Gasteiger partial charge in [-0.25, -0.2) is 4.98 Å². The van der Waals surface area contributed by atoms with Gasteiger partial charge in [0.25, 0.3) is 0 Å². The van der Waals surface area contributed by atoms with Gasteiger partial charge in [0.05, 0.1) is 18.6 Å². The molecule has 0 bridgehead atoms. The standard InChI is InChI=1S/C19H23N5O2/c1-26-8-7-22-19(25)18-12-23(11-15-9-20-13-24(15)18)10-14-3-2-4-17-16(14)5-6-21-17/h2-6,9,13,18,21H,7-8,10-12H2,1H3,(H,22,25). The highest BCUT2D eigenvalue weighted by atomic mass is 16.5. The van der Waals surface area contributed by atoms with Gasteiger partial charge in [-0.05, 0) is 17.7 Å². The van der Waals surface area contributed by atoms with E-state index in [1.54, 1.807) is 13.4 Å². The third-order valence-electron chi connectivity index (χ3n) is 4.89. The Labute approximate surface area is 152 Å². The minimum absolute atomic E-state index is 0.00542. The van der Waals surface area contributed by atoms with Crippen LogP contribution in [0.25, 0.3) is 10.9 Å². The van der Waals surface area contributed by atoms with Crippen LogP contribution in [0.4, 0.5) is 0 Å². The molecule has 0 saturated carbocycles. The molecule has 26 heavy (non-hydrogen) atoms. The Morgan fingerprint density at radius 2 is 2.35 bits per heavy atom. The number of nitrogens with one attached hydrogen (secondary N) is 2. The minimum Gasteiger partial charge on any atom is -0.383 e. The van der Waals surface area contributed by atoms with Gasteiger partial charge < -0.3 is 19.6 Å². The summed E-state index contributed by atoms with van der Waals surface area (Å²) < 4.78 is 7.00. The number of ether oxygens (including phenoxy) is 1. The third-order valence-corrected chi connectivity index (χ3v) is 4.89. The monoisotopic (exact) mass is 353 g/mol. The zero-order chi connectivity index (χ0) is 17.9. The van der Waals surface area contributed by atoms with Crippen LogP contribution in [0.15, 0.2) is 43.0 Å². The number of hydrogen-bond donors (Lipinski definition) is 2. The number of rotatable bonds is 6. The number of hydrogen-bond acceptors (Lipinski definition) is 4. The second-order valence-electron chi connectivity index (χ2n) is 6.62. The van der Waals surface area contributed by atoms with Crippen LogP contribution in [0, 0.1) is 0 Å². The van der Waals surface area contributed by atoms with Crippen LogP contribution >= 0.6 is 0 Å².